The quantitative estimate of drug-likeness (QED) is 0.445. The third-order valence-corrected chi connectivity index (χ3v) is 5.13. The van der Waals surface area contributed by atoms with Crippen molar-refractivity contribution in [3.05, 3.63) is 89.5 Å². The number of amides is 1. The van der Waals surface area contributed by atoms with Crippen molar-refractivity contribution in [3.8, 4) is 16.9 Å². The minimum Gasteiger partial charge on any atom is -0.471 e. The van der Waals surface area contributed by atoms with Crippen LogP contribution in [0.5, 0.6) is 5.75 Å². The fraction of sp³-hybridized carbons (Fsp3) is 0.174. The number of nitrogens with one attached hydrogen (secondary N) is 1. The zero-order valence-electron chi connectivity index (χ0n) is 17.0. The van der Waals surface area contributed by atoms with E-state index >= 15 is 0 Å². The molecule has 0 unspecified atom stereocenters. The molecule has 2 heterocycles. The first-order chi connectivity index (χ1) is 15.1. The Hall–Kier alpha value is -3.58. The van der Waals surface area contributed by atoms with Crippen LogP contribution in [-0.2, 0) is 19.8 Å². The zero-order chi connectivity index (χ0) is 21.6. The third kappa shape index (κ3) is 4.95. The summed E-state index contributed by atoms with van der Waals surface area (Å²) in [5.74, 6) is 0.439. The standard InChI is InChI=1S/C23H22ClN5O2/c1-2-29-22(20(24)14-26-29)15-25-23(30)21-12-13-28(27-21)16-31-19-10-8-18(9-11-19)17-6-4-3-5-7-17/h3-14H,2,15-16H2,1H3,(H,25,30). The van der Waals surface area contributed by atoms with E-state index in [0.717, 1.165) is 22.6 Å². The normalized spacial score (nSPS) is 10.8. The van der Waals surface area contributed by atoms with Crippen LogP contribution >= 0.6 is 11.6 Å². The zero-order valence-corrected chi connectivity index (χ0v) is 17.8. The number of hydrogen-bond acceptors (Lipinski definition) is 4. The average molecular weight is 436 g/mol. The Labute approximate surface area is 185 Å². The van der Waals surface area contributed by atoms with E-state index in [4.69, 9.17) is 16.3 Å². The second-order valence-corrected chi connectivity index (χ2v) is 7.25. The summed E-state index contributed by atoms with van der Waals surface area (Å²) in [6, 6.07) is 19.7. The molecule has 0 radical (unpaired) electrons. The van der Waals surface area contributed by atoms with Crippen molar-refractivity contribution in [3.63, 3.8) is 0 Å². The SMILES string of the molecule is CCn1ncc(Cl)c1CNC(=O)c1ccn(COc2ccc(-c3ccccc3)cc2)n1. The molecule has 0 spiro atoms. The first-order valence-corrected chi connectivity index (χ1v) is 10.3. The number of carbonyl (C=O) groups is 1. The lowest BCUT2D eigenvalue weighted by atomic mass is 10.1. The van der Waals surface area contributed by atoms with E-state index in [9.17, 15) is 4.79 Å². The van der Waals surface area contributed by atoms with E-state index < -0.39 is 0 Å². The highest BCUT2D eigenvalue weighted by Crippen LogP contribution is 2.22. The number of aryl methyl sites for hydroxylation is 1. The number of ether oxygens (including phenoxy) is 1. The fourth-order valence-corrected chi connectivity index (χ4v) is 3.37. The number of aromatic nitrogens is 4. The highest BCUT2D eigenvalue weighted by atomic mass is 35.5. The van der Waals surface area contributed by atoms with Crippen molar-refractivity contribution < 1.29 is 9.53 Å². The van der Waals surface area contributed by atoms with Gasteiger partial charge >= 0.3 is 0 Å². The molecule has 0 saturated heterocycles. The molecular formula is C23H22ClN5O2. The second-order valence-electron chi connectivity index (χ2n) is 6.84. The second kappa shape index (κ2) is 9.49. The Kier molecular flexibility index (Phi) is 6.33. The van der Waals surface area contributed by atoms with Crippen molar-refractivity contribution in [2.24, 2.45) is 0 Å². The number of benzene rings is 2. The maximum Gasteiger partial charge on any atom is 0.272 e. The van der Waals surface area contributed by atoms with E-state index in [1.807, 2.05) is 49.4 Å². The fourth-order valence-electron chi connectivity index (χ4n) is 3.16. The minimum atomic E-state index is -0.286. The lowest BCUT2D eigenvalue weighted by molar-refractivity contribution is 0.0943. The van der Waals surface area contributed by atoms with Crippen LogP contribution in [0.25, 0.3) is 11.1 Å². The topological polar surface area (TPSA) is 74.0 Å². The maximum atomic E-state index is 12.4. The van der Waals surface area contributed by atoms with Gasteiger partial charge in [0.1, 0.15) is 11.4 Å². The Morgan fingerprint density at radius 2 is 1.81 bits per heavy atom. The number of halogens is 1. The minimum absolute atomic E-state index is 0.201. The molecule has 2 aromatic heterocycles. The summed E-state index contributed by atoms with van der Waals surface area (Å²) >= 11 is 6.13. The van der Waals surface area contributed by atoms with Gasteiger partial charge in [-0.3, -0.25) is 9.48 Å². The largest absolute Gasteiger partial charge is 0.471 e. The summed E-state index contributed by atoms with van der Waals surface area (Å²) < 4.78 is 9.10. The summed E-state index contributed by atoms with van der Waals surface area (Å²) in [5, 5.41) is 11.8. The van der Waals surface area contributed by atoms with Gasteiger partial charge in [-0.2, -0.15) is 10.2 Å². The van der Waals surface area contributed by atoms with Gasteiger partial charge in [0.15, 0.2) is 6.73 Å². The summed E-state index contributed by atoms with van der Waals surface area (Å²) in [5.41, 5.74) is 3.34. The van der Waals surface area contributed by atoms with Crippen molar-refractivity contribution in [1.82, 2.24) is 24.9 Å². The number of hydrogen-bond donors (Lipinski definition) is 1. The molecule has 4 rings (SSSR count). The lowest BCUT2D eigenvalue weighted by Crippen LogP contribution is -2.25. The van der Waals surface area contributed by atoms with Gasteiger partial charge in [-0.05, 0) is 36.2 Å². The van der Waals surface area contributed by atoms with Crippen molar-refractivity contribution in [2.45, 2.75) is 26.7 Å². The van der Waals surface area contributed by atoms with Gasteiger partial charge in [0.2, 0.25) is 0 Å². The van der Waals surface area contributed by atoms with Crippen molar-refractivity contribution >= 4 is 17.5 Å². The Balaban J connectivity index is 1.31. The monoisotopic (exact) mass is 435 g/mol. The smallest absolute Gasteiger partial charge is 0.272 e. The molecule has 31 heavy (non-hydrogen) atoms. The highest BCUT2D eigenvalue weighted by molar-refractivity contribution is 6.31. The summed E-state index contributed by atoms with van der Waals surface area (Å²) in [7, 11) is 0. The molecule has 1 amide bonds. The van der Waals surface area contributed by atoms with Crippen molar-refractivity contribution in [2.75, 3.05) is 0 Å². The van der Waals surface area contributed by atoms with Gasteiger partial charge in [0, 0.05) is 12.7 Å². The Morgan fingerprint density at radius 3 is 2.55 bits per heavy atom. The molecular weight excluding hydrogens is 414 g/mol. The molecule has 4 aromatic rings. The lowest BCUT2D eigenvalue weighted by Gasteiger charge is -2.08. The maximum absolute atomic E-state index is 12.4. The Morgan fingerprint density at radius 1 is 1.06 bits per heavy atom. The van der Waals surface area contributed by atoms with Crippen LogP contribution in [0.4, 0.5) is 0 Å². The molecule has 0 aliphatic heterocycles. The van der Waals surface area contributed by atoms with E-state index in [1.54, 1.807) is 27.8 Å². The van der Waals surface area contributed by atoms with E-state index in [0.29, 0.717) is 17.3 Å². The molecule has 0 aliphatic carbocycles. The third-order valence-electron chi connectivity index (χ3n) is 4.81. The summed E-state index contributed by atoms with van der Waals surface area (Å²) in [6.07, 6.45) is 3.28. The van der Waals surface area contributed by atoms with Crippen LogP contribution in [0, 0.1) is 0 Å². The highest BCUT2D eigenvalue weighted by Gasteiger charge is 2.13. The van der Waals surface area contributed by atoms with E-state index in [2.05, 4.69) is 27.6 Å². The van der Waals surface area contributed by atoms with E-state index in [-0.39, 0.29) is 19.2 Å². The van der Waals surface area contributed by atoms with Gasteiger partial charge < -0.3 is 10.1 Å². The van der Waals surface area contributed by atoms with Gasteiger partial charge in [0.25, 0.3) is 5.91 Å². The molecule has 0 fully saturated rings. The van der Waals surface area contributed by atoms with Crippen LogP contribution < -0.4 is 10.1 Å². The first kappa shape index (κ1) is 20.7. The van der Waals surface area contributed by atoms with Crippen LogP contribution in [0.3, 0.4) is 0 Å². The molecule has 0 aliphatic rings. The average Bonchev–Trinajstić information content (AvgIpc) is 3.43. The molecule has 0 bridgehead atoms. The van der Waals surface area contributed by atoms with Crippen LogP contribution in [-0.4, -0.2) is 25.5 Å². The number of nitrogens with zero attached hydrogens (tertiary/aromatic N) is 4. The molecule has 1 N–H and O–H groups in total. The molecule has 2 aromatic carbocycles. The van der Waals surface area contributed by atoms with Gasteiger partial charge in [-0.1, -0.05) is 54.1 Å². The number of carbonyl (C=O) groups excluding carboxylic acids is 1. The van der Waals surface area contributed by atoms with Gasteiger partial charge in [-0.25, -0.2) is 4.68 Å². The van der Waals surface area contributed by atoms with Crippen molar-refractivity contribution in [1.29, 1.82) is 0 Å². The van der Waals surface area contributed by atoms with E-state index in [1.165, 1.54) is 0 Å². The predicted molar refractivity (Wildman–Crippen MR) is 119 cm³/mol. The molecule has 158 valence electrons. The Bertz CT molecular complexity index is 1150. The van der Waals surface area contributed by atoms with Gasteiger partial charge in [0.05, 0.1) is 23.5 Å². The molecule has 8 heteroatoms. The summed E-state index contributed by atoms with van der Waals surface area (Å²) in [6.45, 7) is 3.12. The first-order valence-electron chi connectivity index (χ1n) is 9.94. The number of rotatable bonds is 8. The van der Waals surface area contributed by atoms with Crippen LogP contribution in [0.1, 0.15) is 23.1 Å². The predicted octanol–water partition coefficient (Wildman–Crippen LogP) is 4.39. The van der Waals surface area contributed by atoms with Crippen LogP contribution in [0.2, 0.25) is 5.02 Å². The van der Waals surface area contributed by atoms with Gasteiger partial charge in [-0.15, -0.1) is 0 Å². The molecule has 0 saturated carbocycles. The molecule has 7 nitrogen and oxygen atoms in total. The molecule has 0 atom stereocenters. The summed E-state index contributed by atoms with van der Waals surface area (Å²) in [4.78, 5) is 12.4. The van der Waals surface area contributed by atoms with Crippen LogP contribution in [0.15, 0.2) is 73.1 Å².